The first-order chi connectivity index (χ1) is 11.2. The van der Waals surface area contributed by atoms with Crippen LogP contribution in [-0.2, 0) is 25.9 Å². The number of aromatic amines is 2. The van der Waals surface area contributed by atoms with Crippen LogP contribution in [0.15, 0.2) is 35.3 Å². The molecule has 0 aliphatic heterocycles. The number of rotatable bonds is 4. The molecule has 1 aliphatic carbocycles. The van der Waals surface area contributed by atoms with Gasteiger partial charge < -0.3 is 4.98 Å². The molecular formula is C18H20N4O. The van der Waals surface area contributed by atoms with Crippen molar-refractivity contribution in [2.24, 2.45) is 0 Å². The van der Waals surface area contributed by atoms with Gasteiger partial charge in [0.15, 0.2) is 0 Å². The average Bonchev–Trinajstić information content (AvgIpc) is 3.17. The summed E-state index contributed by atoms with van der Waals surface area (Å²) in [7, 11) is 2.01. The Kier molecular flexibility index (Phi) is 3.50. The molecule has 0 saturated carbocycles. The topological polar surface area (TPSA) is 64.8 Å². The molecule has 1 aliphatic rings. The van der Waals surface area contributed by atoms with E-state index in [0.717, 1.165) is 41.5 Å². The number of hydrogen-bond donors (Lipinski definition) is 2. The molecule has 0 unspecified atom stereocenters. The Morgan fingerprint density at radius 2 is 2.00 bits per heavy atom. The molecule has 23 heavy (non-hydrogen) atoms. The van der Waals surface area contributed by atoms with Crippen LogP contribution < -0.4 is 5.56 Å². The fourth-order valence-corrected chi connectivity index (χ4v) is 3.45. The number of H-pyrrole nitrogens is 2. The first-order valence-corrected chi connectivity index (χ1v) is 8.03. The molecular weight excluding hydrogens is 288 g/mol. The number of aromatic nitrogens is 3. The van der Waals surface area contributed by atoms with Gasteiger partial charge in [-0.1, -0.05) is 0 Å². The predicted molar refractivity (Wildman–Crippen MR) is 90.4 cm³/mol. The van der Waals surface area contributed by atoms with Gasteiger partial charge in [-0.05, 0) is 67.1 Å². The van der Waals surface area contributed by atoms with Gasteiger partial charge in [-0.25, -0.2) is 0 Å². The maximum atomic E-state index is 12.4. The smallest absolute Gasteiger partial charge is 0.252 e. The number of fused-ring (bicyclic) bond motifs is 2. The summed E-state index contributed by atoms with van der Waals surface area (Å²) in [5.74, 6) is 0. The number of benzene rings is 1. The van der Waals surface area contributed by atoms with Crippen LogP contribution in [0.3, 0.4) is 0 Å². The molecule has 4 rings (SSSR count). The van der Waals surface area contributed by atoms with Gasteiger partial charge in [-0.3, -0.25) is 14.8 Å². The van der Waals surface area contributed by atoms with Crippen molar-refractivity contribution >= 4 is 10.9 Å². The summed E-state index contributed by atoms with van der Waals surface area (Å²) in [6, 6.07) is 8.38. The predicted octanol–water partition coefficient (Wildman–Crippen LogP) is 2.37. The van der Waals surface area contributed by atoms with E-state index in [1.165, 1.54) is 17.5 Å². The molecule has 0 saturated heterocycles. The second-order valence-electron chi connectivity index (χ2n) is 6.44. The van der Waals surface area contributed by atoms with Crippen LogP contribution >= 0.6 is 0 Å². The molecule has 2 heterocycles. The van der Waals surface area contributed by atoms with Gasteiger partial charge in [0.1, 0.15) is 0 Å². The molecule has 0 spiro atoms. The van der Waals surface area contributed by atoms with Crippen LogP contribution in [0.5, 0.6) is 0 Å². The lowest BCUT2D eigenvalue weighted by atomic mass is 10.0. The highest BCUT2D eigenvalue weighted by atomic mass is 16.1. The summed E-state index contributed by atoms with van der Waals surface area (Å²) in [5.41, 5.74) is 5.63. The van der Waals surface area contributed by atoms with Crippen molar-refractivity contribution < 1.29 is 0 Å². The van der Waals surface area contributed by atoms with Crippen molar-refractivity contribution in [2.75, 3.05) is 7.05 Å². The normalized spacial score (nSPS) is 13.8. The summed E-state index contributed by atoms with van der Waals surface area (Å²) in [4.78, 5) is 17.5. The highest BCUT2D eigenvalue weighted by Crippen LogP contribution is 2.26. The zero-order valence-corrected chi connectivity index (χ0v) is 13.2. The van der Waals surface area contributed by atoms with Crippen LogP contribution in [0, 0.1) is 0 Å². The molecule has 2 N–H and O–H groups in total. The Balaban J connectivity index is 1.63. The van der Waals surface area contributed by atoms with Crippen molar-refractivity contribution in [3.63, 3.8) is 0 Å². The van der Waals surface area contributed by atoms with E-state index in [4.69, 9.17) is 0 Å². The van der Waals surface area contributed by atoms with Gasteiger partial charge in [0.2, 0.25) is 0 Å². The molecule has 0 amide bonds. The second kappa shape index (κ2) is 5.66. The van der Waals surface area contributed by atoms with Crippen LogP contribution in [0.2, 0.25) is 0 Å². The van der Waals surface area contributed by atoms with Crippen LogP contribution in [0.25, 0.3) is 10.9 Å². The highest BCUT2D eigenvalue weighted by molar-refractivity contribution is 5.81. The van der Waals surface area contributed by atoms with Crippen LogP contribution in [0.4, 0.5) is 0 Å². The van der Waals surface area contributed by atoms with Gasteiger partial charge in [0, 0.05) is 36.1 Å². The number of nitrogens with zero attached hydrogens (tertiary/aromatic N) is 2. The quantitative estimate of drug-likeness (QED) is 0.778. The molecule has 0 atom stereocenters. The lowest BCUT2D eigenvalue weighted by Gasteiger charge is -2.15. The summed E-state index contributed by atoms with van der Waals surface area (Å²) in [5, 5.41) is 8.04. The summed E-state index contributed by atoms with van der Waals surface area (Å²) in [6.45, 7) is 1.35. The zero-order chi connectivity index (χ0) is 15.8. The Labute approximate surface area is 134 Å². The second-order valence-corrected chi connectivity index (χ2v) is 6.44. The van der Waals surface area contributed by atoms with Crippen molar-refractivity contribution in [2.45, 2.75) is 32.4 Å². The molecule has 0 radical (unpaired) electrons. The molecule has 2 aromatic heterocycles. The van der Waals surface area contributed by atoms with Gasteiger partial charge in [-0.15, -0.1) is 0 Å². The van der Waals surface area contributed by atoms with E-state index in [1.807, 2.05) is 19.2 Å². The van der Waals surface area contributed by atoms with Crippen molar-refractivity contribution in [3.05, 3.63) is 63.2 Å². The van der Waals surface area contributed by atoms with Crippen LogP contribution in [0.1, 0.15) is 28.8 Å². The minimum Gasteiger partial charge on any atom is -0.322 e. The lowest BCUT2D eigenvalue weighted by Crippen LogP contribution is -2.23. The van der Waals surface area contributed by atoms with Crippen molar-refractivity contribution in [3.8, 4) is 0 Å². The average molecular weight is 308 g/mol. The van der Waals surface area contributed by atoms with E-state index in [-0.39, 0.29) is 5.56 Å². The van der Waals surface area contributed by atoms with E-state index in [0.29, 0.717) is 6.54 Å². The largest absolute Gasteiger partial charge is 0.322 e. The number of hydrogen-bond acceptors (Lipinski definition) is 3. The maximum Gasteiger partial charge on any atom is 0.252 e. The van der Waals surface area contributed by atoms with E-state index >= 15 is 0 Å². The molecule has 5 nitrogen and oxygen atoms in total. The number of aryl methyl sites for hydroxylation is 2. The van der Waals surface area contributed by atoms with Gasteiger partial charge in [0.05, 0.1) is 0 Å². The molecule has 1 aromatic carbocycles. The molecule has 0 bridgehead atoms. The van der Waals surface area contributed by atoms with E-state index in [2.05, 4.69) is 32.2 Å². The molecule has 118 valence electrons. The minimum atomic E-state index is 0.00640. The minimum absolute atomic E-state index is 0.00640. The Morgan fingerprint density at radius 1 is 1.17 bits per heavy atom. The highest BCUT2D eigenvalue weighted by Gasteiger charge is 2.13. The number of nitrogens with one attached hydrogen (secondary N) is 2. The maximum absolute atomic E-state index is 12.4. The summed E-state index contributed by atoms with van der Waals surface area (Å²) < 4.78 is 0. The fraction of sp³-hybridized carbons (Fsp3) is 0.333. The first kappa shape index (κ1) is 14.2. The number of pyridine rings is 1. The Bertz CT molecular complexity index is 895. The third-order valence-corrected chi connectivity index (χ3v) is 4.57. The third-order valence-electron chi connectivity index (χ3n) is 4.57. The summed E-state index contributed by atoms with van der Waals surface area (Å²) in [6.07, 6.45) is 5.24. The molecule has 5 heteroatoms. The SMILES string of the molecule is CN(Cc1ccn[nH]1)Cc1cc2cc3c(cc2[nH]c1=O)CCC3. The van der Waals surface area contributed by atoms with Crippen LogP contribution in [-0.4, -0.2) is 27.1 Å². The van der Waals surface area contributed by atoms with E-state index < -0.39 is 0 Å². The van der Waals surface area contributed by atoms with Gasteiger partial charge >= 0.3 is 0 Å². The monoisotopic (exact) mass is 308 g/mol. The zero-order valence-electron chi connectivity index (χ0n) is 13.2. The van der Waals surface area contributed by atoms with Gasteiger partial charge in [0.25, 0.3) is 5.56 Å². The van der Waals surface area contributed by atoms with Gasteiger partial charge in [-0.2, -0.15) is 5.10 Å². The van der Waals surface area contributed by atoms with Crippen molar-refractivity contribution in [1.29, 1.82) is 0 Å². The molecule has 3 aromatic rings. The first-order valence-electron chi connectivity index (χ1n) is 8.03. The van der Waals surface area contributed by atoms with E-state index in [1.54, 1.807) is 6.20 Å². The summed E-state index contributed by atoms with van der Waals surface area (Å²) >= 11 is 0. The van der Waals surface area contributed by atoms with E-state index in [9.17, 15) is 4.79 Å². The molecule has 0 fully saturated rings. The Morgan fingerprint density at radius 3 is 2.78 bits per heavy atom. The fourth-order valence-electron chi connectivity index (χ4n) is 3.45. The standard InChI is InChI=1S/C18H20N4O/c1-22(11-16-5-6-19-21-16)10-15-8-14-7-12-3-2-4-13(12)9-17(14)20-18(15)23/h5-9H,2-4,10-11H2,1H3,(H,19,21)(H,20,23). The van der Waals surface area contributed by atoms with Crippen molar-refractivity contribution in [1.82, 2.24) is 20.1 Å². The lowest BCUT2D eigenvalue weighted by molar-refractivity contribution is 0.314. The Hall–Kier alpha value is -2.40. The third kappa shape index (κ3) is 2.80.